The molecule has 23 heavy (non-hydrogen) atoms. The lowest BCUT2D eigenvalue weighted by Crippen LogP contribution is -2.42. The van der Waals surface area contributed by atoms with Crippen molar-refractivity contribution in [3.8, 4) is 0 Å². The summed E-state index contributed by atoms with van der Waals surface area (Å²) in [5.41, 5.74) is -0.953. The largest absolute Gasteiger partial charge is 0.314 e. The predicted octanol–water partition coefficient (Wildman–Crippen LogP) is 2.26. The Morgan fingerprint density at radius 1 is 1.26 bits per heavy atom. The third-order valence-corrected chi connectivity index (χ3v) is 8.08. The summed E-state index contributed by atoms with van der Waals surface area (Å²) < 4.78 is 30.2. The highest BCUT2D eigenvalue weighted by Crippen LogP contribution is 2.64. The highest BCUT2D eigenvalue weighted by Gasteiger charge is 2.65. The average Bonchev–Trinajstić information content (AvgIpc) is 2.82. The van der Waals surface area contributed by atoms with Crippen LogP contribution in [0.25, 0.3) is 0 Å². The summed E-state index contributed by atoms with van der Waals surface area (Å²) in [4.78, 5) is 12.4. The quantitative estimate of drug-likeness (QED) is 0.749. The van der Waals surface area contributed by atoms with Crippen molar-refractivity contribution in [2.45, 2.75) is 64.8 Å². The summed E-state index contributed by atoms with van der Waals surface area (Å²) in [5, 5.41) is 3.39. The van der Waals surface area contributed by atoms with E-state index in [1.165, 1.54) is 12.8 Å². The molecule has 3 fully saturated rings. The Labute approximate surface area is 139 Å². The van der Waals surface area contributed by atoms with Gasteiger partial charge in [0.25, 0.3) is 10.1 Å². The molecule has 6 heteroatoms. The van der Waals surface area contributed by atoms with Gasteiger partial charge in [-0.15, -0.1) is 0 Å². The molecule has 1 N–H and O–H groups in total. The molecule has 1 heterocycles. The van der Waals surface area contributed by atoms with Crippen molar-refractivity contribution in [3.63, 3.8) is 0 Å². The van der Waals surface area contributed by atoms with Gasteiger partial charge in [0.15, 0.2) is 0 Å². The van der Waals surface area contributed by atoms with Gasteiger partial charge in [0, 0.05) is 12.5 Å². The standard InChI is InChI=1S/C17H29NO4S/c1-16(2)13-6-8-17(16,15(19)11-13)12-23(20,21)22-10-7-14-5-3-4-9-18-14/h13-14,18H,3-12H2,1-2H3/t13-,14+,17-/m0/s1. The molecule has 0 aromatic carbocycles. The number of carbonyl (C=O) groups excluding carboxylic acids is 1. The first-order valence-corrected chi connectivity index (χ1v) is 10.5. The number of nitrogens with one attached hydrogen (secondary N) is 1. The molecule has 0 radical (unpaired) electrons. The first kappa shape index (κ1) is 17.4. The van der Waals surface area contributed by atoms with Crippen molar-refractivity contribution in [1.82, 2.24) is 5.32 Å². The SMILES string of the molecule is CC1(C)[C@H]2CC[C@]1(CS(=O)(=O)OCC[C@H]1CCCCN1)C(=O)C2. The normalized spacial score (nSPS) is 36.5. The van der Waals surface area contributed by atoms with Crippen LogP contribution >= 0.6 is 0 Å². The smallest absolute Gasteiger partial charge is 0.268 e. The summed E-state index contributed by atoms with van der Waals surface area (Å²) in [5.74, 6) is 0.317. The van der Waals surface area contributed by atoms with E-state index in [9.17, 15) is 13.2 Å². The fourth-order valence-corrected chi connectivity index (χ4v) is 6.65. The van der Waals surface area contributed by atoms with Gasteiger partial charge < -0.3 is 5.32 Å². The Morgan fingerprint density at radius 3 is 2.61 bits per heavy atom. The fraction of sp³-hybridized carbons (Fsp3) is 0.941. The Kier molecular flexibility index (Phi) is 4.62. The van der Waals surface area contributed by atoms with Crippen LogP contribution in [0.4, 0.5) is 0 Å². The van der Waals surface area contributed by atoms with Crippen LogP contribution in [0.2, 0.25) is 0 Å². The molecule has 0 aromatic heterocycles. The molecular weight excluding hydrogens is 314 g/mol. The van der Waals surface area contributed by atoms with E-state index in [1.54, 1.807) is 0 Å². The number of ketones is 1. The Hall–Kier alpha value is -0.460. The molecule has 3 atom stereocenters. The van der Waals surface area contributed by atoms with Gasteiger partial charge in [-0.05, 0) is 50.0 Å². The van der Waals surface area contributed by atoms with Gasteiger partial charge in [0.05, 0.1) is 17.8 Å². The minimum absolute atomic E-state index is 0.125. The topological polar surface area (TPSA) is 72.5 Å². The molecule has 2 saturated carbocycles. The lowest BCUT2D eigenvalue weighted by atomic mass is 9.70. The first-order valence-electron chi connectivity index (χ1n) is 8.91. The van der Waals surface area contributed by atoms with Gasteiger partial charge >= 0.3 is 0 Å². The lowest BCUT2D eigenvalue weighted by molar-refractivity contribution is -0.128. The number of hydrogen-bond acceptors (Lipinski definition) is 5. The van der Waals surface area contributed by atoms with E-state index in [2.05, 4.69) is 19.2 Å². The molecule has 5 nitrogen and oxygen atoms in total. The number of Topliss-reactive ketones (excluding diaryl/α,β-unsaturated/α-hetero) is 1. The Morgan fingerprint density at radius 2 is 2.04 bits per heavy atom. The lowest BCUT2D eigenvalue weighted by Gasteiger charge is -2.35. The van der Waals surface area contributed by atoms with E-state index in [4.69, 9.17) is 4.18 Å². The Balaban J connectivity index is 1.59. The molecular formula is C17H29NO4S. The van der Waals surface area contributed by atoms with Crippen LogP contribution in [0.3, 0.4) is 0 Å². The van der Waals surface area contributed by atoms with Crippen LogP contribution in [0.15, 0.2) is 0 Å². The number of carbonyl (C=O) groups is 1. The molecule has 0 amide bonds. The number of rotatable bonds is 6. The summed E-state index contributed by atoms with van der Waals surface area (Å²) in [7, 11) is -3.66. The fourth-order valence-electron chi connectivity index (χ4n) is 4.94. The Bertz CT molecular complexity index is 565. The van der Waals surface area contributed by atoms with Crippen LogP contribution < -0.4 is 5.32 Å². The second-order valence-corrected chi connectivity index (χ2v) is 9.77. The zero-order valence-electron chi connectivity index (χ0n) is 14.3. The third kappa shape index (κ3) is 3.10. The molecule has 132 valence electrons. The van der Waals surface area contributed by atoms with Gasteiger partial charge in [0.2, 0.25) is 0 Å². The first-order chi connectivity index (χ1) is 10.8. The van der Waals surface area contributed by atoms with Gasteiger partial charge in [0.1, 0.15) is 5.78 Å². The van der Waals surface area contributed by atoms with Crippen LogP contribution in [-0.2, 0) is 19.1 Å². The van der Waals surface area contributed by atoms with E-state index in [0.29, 0.717) is 31.2 Å². The average molecular weight is 343 g/mol. The maximum Gasteiger partial charge on any atom is 0.268 e. The molecule has 3 aliphatic rings. The van der Waals surface area contributed by atoms with Crippen molar-refractivity contribution in [3.05, 3.63) is 0 Å². The second kappa shape index (κ2) is 6.12. The zero-order valence-corrected chi connectivity index (χ0v) is 15.1. The third-order valence-electron chi connectivity index (χ3n) is 6.70. The van der Waals surface area contributed by atoms with Gasteiger partial charge in [-0.25, -0.2) is 0 Å². The van der Waals surface area contributed by atoms with Crippen LogP contribution in [0.1, 0.15) is 58.8 Å². The second-order valence-electron chi connectivity index (χ2n) is 8.13. The highest BCUT2D eigenvalue weighted by atomic mass is 32.2. The van der Waals surface area contributed by atoms with E-state index >= 15 is 0 Å². The monoisotopic (exact) mass is 343 g/mol. The van der Waals surface area contributed by atoms with Gasteiger partial charge in [-0.3, -0.25) is 8.98 Å². The van der Waals surface area contributed by atoms with Crippen molar-refractivity contribution < 1.29 is 17.4 Å². The van der Waals surface area contributed by atoms with Crippen LogP contribution in [0, 0.1) is 16.7 Å². The predicted molar refractivity (Wildman–Crippen MR) is 88.6 cm³/mol. The van der Waals surface area contributed by atoms with E-state index < -0.39 is 15.5 Å². The zero-order chi connectivity index (χ0) is 16.7. The van der Waals surface area contributed by atoms with Crippen molar-refractivity contribution >= 4 is 15.9 Å². The molecule has 3 rings (SSSR count). The summed E-state index contributed by atoms with van der Waals surface area (Å²) in [6, 6.07) is 0.359. The highest BCUT2D eigenvalue weighted by molar-refractivity contribution is 7.86. The molecule has 0 unspecified atom stereocenters. The number of hydrogen-bond donors (Lipinski definition) is 1. The summed E-state index contributed by atoms with van der Waals surface area (Å²) in [6.07, 6.45) is 6.37. The number of fused-ring (bicyclic) bond motifs is 2. The number of piperidine rings is 1. The molecule has 2 aliphatic carbocycles. The molecule has 0 aromatic rings. The minimum Gasteiger partial charge on any atom is -0.314 e. The van der Waals surface area contributed by atoms with Crippen LogP contribution in [0.5, 0.6) is 0 Å². The minimum atomic E-state index is -3.66. The van der Waals surface area contributed by atoms with Crippen molar-refractivity contribution in [1.29, 1.82) is 0 Å². The van der Waals surface area contributed by atoms with E-state index in [-0.39, 0.29) is 23.6 Å². The van der Waals surface area contributed by atoms with Crippen LogP contribution in [-0.4, -0.2) is 39.1 Å². The van der Waals surface area contributed by atoms with E-state index in [0.717, 1.165) is 19.4 Å². The van der Waals surface area contributed by atoms with Crippen molar-refractivity contribution in [2.24, 2.45) is 16.7 Å². The van der Waals surface area contributed by atoms with Gasteiger partial charge in [-0.1, -0.05) is 20.3 Å². The maximum atomic E-state index is 12.4. The summed E-state index contributed by atoms with van der Waals surface area (Å²) in [6.45, 7) is 5.33. The molecule has 2 bridgehead atoms. The van der Waals surface area contributed by atoms with E-state index in [1.807, 2.05) is 0 Å². The summed E-state index contributed by atoms with van der Waals surface area (Å²) >= 11 is 0. The maximum absolute atomic E-state index is 12.4. The molecule has 0 spiro atoms. The van der Waals surface area contributed by atoms with Crippen molar-refractivity contribution in [2.75, 3.05) is 18.9 Å². The molecule has 1 aliphatic heterocycles. The molecule has 1 saturated heterocycles. The van der Waals surface area contributed by atoms with Gasteiger partial charge in [-0.2, -0.15) is 8.42 Å².